The molecule has 2 aliphatic heterocycles. The van der Waals surface area contributed by atoms with Crippen molar-refractivity contribution in [3.63, 3.8) is 0 Å². The third-order valence-corrected chi connectivity index (χ3v) is 5.64. The molecule has 2 N–H and O–H groups in total. The van der Waals surface area contributed by atoms with Gasteiger partial charge in [-0.2, -0.15) is 0 Å². The van der Waals surface area contributed by atoms with Crippen LogP contribution in [-0.4, -0.2) is 28.6 Å². The van der Waals surface area contributed by atoms with Crippen molar-refractivity contribution in [2.24, 2.45) is 4.99 Å². The summed E-state index contributed by atoms with van der Waals surface area (Å²) in [6.45, 7) is 5.55. The number of H-pyrrole nitrogens is 1. The van der Waals surface area contributed by atoms with Crippen molar-refractivity contribution in [1.29, 1.82) is 0 Å². The molecule has 0 aliphatic carbocycles. The smallest absolute Gasteiger partial charge is 0.274 e. The molecule has 8 nitrogen and oxygen atoms in total. The van der Waals surface area contributed by atoms with Gasteiger partial charge in [-0.3, -0.25) is 25.0 Å². The Hall–Kier alpha value is -3.81. The maximum Gasteiger partial charge on any atom is 0.274 e. The highest BCUT2D eigenvalue weighted by Crippen LogP contribution is 2.27. The van der Waals surface area contributed by atoms with Crippen molar-refractivity contribution < 1.29 is 9.53 Å². The number of hydrogen-bond donors (Lipinski definition) is 2. The molecule has 0 fully saturated rings. The van der Waals surface area contributed by atoms with Crippen LogP contribution in [-0.2, 0) is 17.8 Å². The highest BCUT2D eigenvalue weighted by Gasteiger charge is 2.19. The second kappa shape index (κ2) is 7.79. The number of carbonyl (C=O) groups excluding carboxylic acids is 1. The van der Waals surface area contributed by atoms with Gasteiger partial charge in [-0.05, 0) is 42.7 Å². The van der Waals surface area contributed by atoms with Crippen LogP contribution in [0.5, 0.6) is 5.75 Å². The molecule has 0 bridgehead atoms. The number of para-hydroxylation sites is 1. The topological polar surface area (TPSA) is 91.7 Å². The first kappa shape index (κ1) is 19.2. The fourth-order valence-electron chi connectivity index (χ4n) is 4.01. The second-order valence-corrected chi connectivity index (χ2v) is 7.73. The molecule has 0 atom stereocenters. The molecule has 1 amide bonds. The maximum atomic E-state index is 12.3. The number of rotatable bonds is 6. The van der Waals surface area contributed by atoms with Gasteiger partial charge >= 0.3 is 0 Å². The summed E-state index contributed by atoms with van der Waals surface area (Å²) in [6, 6.07) is 13.8. The van der Waals surface area contributed by atoms with Crippen LogP contribution in [0.3, 0.4) is 0 Å². The minimum absolute atomic E-state index is 0.0164. The Morgan fingerprint density at radius 1 is 1.23 bits per heavy atom. The molecule has 31 heavy (non-hydrogen) atoms. The van der Waals surface area contributed by atoms with Crippen LogP contribution in [0.15, 0.2) is 52.3 Å². The lowest BCUT2D eigenvalue weighted by Crippen LogP contribution is -2.41. The van der Waals surface area contributed by atoms with Crippen LogP contribution in [0.2, 0.25) is 0 Å². The van der Waals surface area contributed by atoms with E-state index in [4.69, 9.17) is 4.74 Å². The number of nitrogens with zero attached hydrogens (tertiary/aromatic N) is 3. The molecule has 0 saturated heterocycles. The van der Waals surface area contributed by atoms with Crippen molar-refractivity contribution >= 4 is 23.9 Å². The second-order valence-electron chi connectivity index (χ2n) is 7.73. The highest BCUT2D eigenvalue weighted by molar-refractivity contribution is 5.78. The minimum Gasteiger partial charge on any atom is -0.494 e. The lowest BCUT2D eigenvalue weighted by molar-refractivity contribution is -0.121. The molecule has 0 spiro atoms. The zero-order chi connectivity index (χ0) is 21.4. The Kier molecular flexibility index (Phi) is 4.82. The van der Waals surface area contributed by atoms with Crippen LogP contribution >= 0.6 is 0 Å². The number of benzene rings is 2. The van der Waals surface area contributed by atoms with Gasteiger partial charge in [0.2, 0.25) is 11.5 Å². The van der Waals surface area contributed by atoms with E-state index in [2.05, 4.69) is 28.0 Å². The average molecular weight is 417 g/mol. The number of aromatic amines is 1. The van der Waals surface area contributed by atoms with Gasteiger partial charge in [0.1, 0.15) is 11.1 Å². The number of nitrogens with one attached hydrogen (secondary N) is 2. The summed E-state index contributed by atoms with van der Waals surface area (Å²) in [4.78, 5) is 31.2. The van der Waals surface area contributed by atoms with Crippen LogP contribution < -0.4 is 31.7 Å². The van der Waals surface area contributed by atoms with Crippen LogP contribution in [0.4, 0.5) is 11.4 Å². The number of ether oxygens (including phenoxy) is 1. The third-order valence-electron chi connectivity index (χ3n) is 5.64. The standard InChI is InChI=1S/C23H23N5O3/c1-15-22(30)25-23-24-19-9-8-18(13-17(19)14-27(15)23)31-12-4-7-21(29)26-28-11-10-16-5-2-3-6-20(16)28/h2-3,5-6,8-9,13H,1,4,7,10-12,14H2,(H,26,29)(H,24,25,30). The summed E-state index contributed by atoms with van der Waals surface area (Å²) in [7, 11) is 0. The zero-order valence-electron chi connectivity index (χ0n) is 17.1. The molecule has 8 heteroatoms. The Morgan fingerprint density at radius 2 is 2.10 bits per heavy atom. The number of hydrazine groups is 1. The Morgan fingerprint density at radius 3 is 3.00 bits per heavy atom. The molecule has 0 radical (unpaired) electrons. The van der Waals surface area contributed by atoms with Crippen molar-refractivity contribution in [3.8, 4) is 5.75 Å². The van der Waals surface area contributed by atoms with Crippen molar-refractivity contribution in [2.45, 2.75) is 25.8 Å². The van der Waals surface area contributed by atoms with E-state index in [1.54, 1.807) is 4.57 Å². The van der Waals surface area contributed by atoms with Crippen molar-refractivity contribution in [3.05, 3.63) is 74.9 Å². The highest BCUT2D eigenvalue weighted by atomic mass is 16.5. The first-order valence-corrected chi connectivity index (χ1v) is 10.4. The van der Waals surface area contributed by atoms with E-state index in [0.29, 0.717) is 37.0 Å². The van der Waals surface area contributed by atoms with Gasteiger partial charge in [0, 0.05) is 18.5 Å². The van der Waals surface area contributed by atoms with Gasteiger partial charge in [0.15, 0.2) is 0 Å². The number of anilines is 1. The monoisotopic (exact) mass is 417 g/mol. The Bertz CT molecular complexity index is 1320. The Balaban J connectivity index is 1.13. The molecule has 1 aromatic heterocycles. The summed E-state index contributed by atoms with van der Waals surface area (Å²) in [5.74, 6) is 0.702. The van der Waals surface area contributed by atoms with E-state index >= 15 is 0 Å². The van der Waals surface area contributed by atoms with E-state index < -0.39 is 0 Å². The van der Waals surface area contributed by atoms with Crippen LogP contribution in [0, 0.1) is 0 Å². The average Bonchev–Trinajstić information content (AvgIpc) is 3.30. The zero-order valence-corrected chi connectivity index (χ0v) is 17.1. The Labute approximate surface area is 178 Å². The normalized spacial score (nSPS) is 13.7. The van der Waals surface area contributed by atoms with Gasteiger partial charge in [-0.1, -0.05) is 24.8 Å². The largest absolute Gasteiger partial charge is 0.494 e. The van der Waals surface area contributed by atoms with E-state index in [0.717, 1.165) is 35.7 Å². The first-order valence-electron chi connectivity index (χ1n) is 10.4. The van der Waals surface area contributed by atoms with Crippen LogP contribution in [0.1, 0.15) is 24.0 Å². The van der Waals surface area contributed by atoms with E-state index in [1.165, 1.54) is 5.56 Å². The number of fused-ring (bicyclic) bond motifs is 3. The summed E-state index contributed by atoms with van der Waals surface area (Å²) in [6.07, 6.45) is 1.94. The van der Waals surface area contributed by atoms with Crippen LogP contribution in [0.25, 0.3) is 6.58 Å². The summed E-state index contributed by atoms with van der Waals surface area (Å²) in [5.41, 5.74) is 7.37. The SMILES string of the molecule is C=c1c(=O)[nH]c2n1Cc1cc(OCCCC(=O)NN3CCc4ccccc43)ccc1N=2. The van der Waals surface area contributed by atoms with E-state index in [1.807, 2.05) is 41.4 Å². The van der Waals surface area contributed by atoms with E-state index in [9.17, 15) is 9.59 Å². The van der Waals surface area contributed by atoms with E-state index in [-0.39, 0.29) is 11.5 Å². The van der Waals surface area contributed by atoms with Crippen molar-refractivity contribution in [1.82, 2.24) is 15.0 Å². The summed E-state index contributed by atoms with van der Waals surface area (Å²) >= 11 is 0. The number of amides is 1. The predicted molar refractivity (Wildman–Crippen MR) is 117 cm³/mol. The van der Waals surface area contributed by atoms with Gasteiger partial charge in [-0.25, -0.2) is 4.99 Å². The molecule has 0 unspecified atom stereocenters. The molecule has 2 aliphatic rings. The van der Waals surface area contributed by atoms with Gasteiger partial charge < -0.3 is 9.30 Å². The van der Waals surface area contributed by atoms with Gasteiger partial charge in [-0.15, -0.1) is 0 Å². The fourth-order valence-corrected chi connectivity index (χ4v) is 4.01. The molecule has 3 aromatic rings. The minimum atomic E-state index is -0.223. The van der Waals surface area contributed by atoms with Gasteiger partial charge in [0.25, 0.3) is 5.56 Å². The summed E-state index contributed by atoms with van der Waals surface area (Å²) in [5, 5.41) is 2.31. The molecular formula is C23H23N5O3. The summed E-state index contributed by atoms with van der Waals surface area (Å²) < 4.78 is 7.60. The quantitative estimate of drug-likeness (QED) is 0.461. The molecular weight excluding hydrogens is 394 g/mol. The molecule has 158 valence electrons. The molecule has 2 aromatic carbocycles. The third kappa shape index (κ3) is 3.72. The fraction of sp³-hybridized carbons (Fsp3) is 0.261. The number of carbonyl (C=O) groups is 1. The maximum absolute atomic E-state index is 12.3. The lowest BCUT2D eigenvalue weighted by atomic mass is 10.1. The number of imidazole rings is 1. The van der Waals surface area contributed by atoms with Crippen molar-refractivity contribution in [2.75, 3.05) is 18.2 Å². The molecule has 5 rings (SSSR count). The number of aromatic nitrogens is 2. The predicted octanol–water partition coefficient (Wildman–Crippen LogP) is 1.15. The first-order chi connectivity index (χ1) is 15.1. The molecule has 3 heterocycles. The lowest BCUT2D eigenvalue weighted by Gasteiger charge is -2.20. The number of hydrogen-bond acceptors (Lipinski definition) is 5. The van der Waals surface area contributed by atoms with Gasteiger partial charge in [0.05, 0.1) is 24.5 Å². The molecule has 0 saturated carbocycles.